The molecule has 0 bridgehead atoms. The second kappa shape index (κ2) is 5.03. The Morgan fingerprint density at radius 3 is 3.07 bits per heavy atom. The molecule has 1 atom stereocenters. The molecule has 84 valence electrons. The highest BCUT2D eigenvalue weighted by molar-refractivity contribution is 7.99. The van der Waals surface area contributed by atoms with Gasteiger partial charge in [-0.3, -0.25) is 0 Å². The summed E-state index contributed by atoms with van der Waals surface area (Å²) in [7, 11) is 0. The van der Waals surface area contributed by atoms with Crippen LogP contribution in [-0.4, -0.2) is 22.5 Å². The van der Waals surface area contributed by atoms with Gasteiger partial charge in [0.05, 0.1) is 17.6 Å². The highest BCUT2D eigenvalue weighted by atomic mass is 32.2. The minimum Gasteiger partial charge on any atom is -0.446 e. The molecule has 1 N–H and O–H groups in total. The number of rotatable bonds is 3. The van der Waals surface area contributed by atoms with E-state index < -0.39 is 0 Å². The molecule has 1 aliphatic heterocycles. The van der Waals surface area contributed by atoms with Gasteiger partial charge in [-0.15, -0.1) is 0 Å². The van der Waals surface area contributed by atoms with Gasteiger partial charge in [-0.05, 0) is 25.5 Å². The maximum Gasteiger partial charge on any atom is 0.196 e. The van der Waals surface area contributed by atoms with Crippen molar-refractivity contribution < 1.29 is 9.52 Å². The van der Waals surface area contributed by atoms with Crippen LogP contribution in [0.3, 0.4) is 0 Å². The summed E-state index contributed by atoms with van der Waals surface area (Å²) in [6.45, 7) is 2.08. The van der Waals surface area contributed by atoms with E-state index in [4.69, 9.17) is 9.52 Å². The quantitative estimate of drug-likeness (QED) is 0.861. The molecule has 4 heteroatoms. The molecular weight excluding hydrogens is 210 g/mol. The van der Waals surface area contributed by atoms with Crippen molar-refractivity contribution in [2.45, 2.75) is 37.9 Å². The van der Waals surface area contributed by atoms with E-state index in [-0.39, 0.29) is 6.61 Å². The summed E-state index contributed by atoms with van der Waals surface area (Å²) in [5.41, 5.74) is 1.10. The van der Waals surface area contributed by atoms with Gasteiger partial charge in [0, 0.05) is 6.42 Å². The third-order valence-electron chi connectivity index (χ3n) is 2.69. The molecule has 0 aromatic carbocycles. The van der Waals surface area contributed by atoms with Crippen LogP contribution in [0.25, 0.3) is 0 Å². The van der Waals surface area contributed by atoms with Gasteiger partial charge >= 0.3 is 0 Å². The Balaban J connectivity index is 2.11. The van der Waals surface area contributed by atoms with E-state index in [9.17, 15) is 0 Å². The molecule has 2 heterocycles. The van der Waals surface area contributed by atoms with Crippen LogP contribution in [0.15, 0.2) is 4.42 Å². The Kier molecular flexibility index (Phi) is 3.70. The average Bonchev–Trinajstić information content (AvgIpc) is 2.61. The Bertz CT molecular complexity index is 318. The third kappa shape index (κ3) is 2.55. The van der Waals surface area contributed by atoms with Gasteiger partial charge in [0.2, 0.25) is 0 Å². The average molecular weight is 227 g/mol. The highest BCUT2D eigenvalue weighted by Gasteiger charge is 2.22. The van der Waals surface area contributed by atoms with E-state index in [0.29, 0.717) is 17.6 Å². The van der Waals surface area contributed by atoms with Crippen molar-refractivity contribution in [3.05, 3.63) is 17.3 Å². The van der Waals surface area contributed by atoms with Crippen LogP contribution in [0.1, 0.15) is 41.9 Å². The SMILES string of the molecule is Cc1oc(CCO)nc1C1CCCCS1. The molecule has 0 aliphatic carbocycles. The molecule has 2 rings (SSSR count). The maximum absolute atomic E-state index is 8.82. The summed E-state index contributed by atoms with van der Waals surface area (Å²) in [5, 5.41) is 9.33. The second-order valence-electron chi connectivity index (χ2n) is 3.88. The van der Waals surface area contributed by atoms with Crippen molar-refractivity contribution in [2.24, 2.45) is 0 Å². The largest absolute Gasteiger partial charge is 0.446 e. The van der Waals surface area contributed by atoms with Crippen LogP contribution >= 0.6 is 11.8 Å². The molecule has 3 nitrogen and oxygen atoms in total. The number of aliphatic hydroxyl groups excluding tert-OH is 1. The van der Waals surface area contributed by atoms with Gasteiger partial charge in [-0.25, -0.2) is 4.98 Å². The van der Waals surface area contributed by atoms with E-state index in [1.807, 2.05) is 18.7 Å². The monoisotopic (exact) mass is 227 g/mol. The number of nitrogens with zero attached hydrogens (tertiary/aromatic N) is 1. The lowest BCUT2D eigenvalue weighted by Gasteiger charge is -2.19. The van der Waals surface area contributed by atoms with Crippen molar-refractivity contribution in [1.82, 2.24) is 4.98 Å². The first-order chi connectivity index (χ1) is 7.31. The summed E-state index contributed by atoms with van der Waals surface area (Å²) >= 11 is 1.98. The van der Waals surface area contributed by atoms with Crippen molar-refractivity contribution >= 4 is 11.8 Å². The number of aliphatic hydroxyl groups is 1. The van der Waals surface area contributed by atoms with Crippen molar-refractivity contribution in [1.29, 1.82) is 0 Å². The van der Waals surface area contributed by atoms with Crippen LogP contribution in [0.2, 0.25) is 0 Å². The molecule has 0 radical (unpaired) electrons. The lowest BCUT2D eigenvalue weighted by atomic mass is 10.1. The molecular formula is C11H17NO2S. The summed E-state index contributed by atoms with van der Waals surface area (Å²) in [5.74, 6) is 2.83. The van der Waals surface area contributed by atoms with Crippen LogP contribution in [-0.2, 0) is 6.42 Å². The van der Waals surface area contributed by atoms with Crippen molar-refractivity contribution in [3.63, 3.8) is 0 Å². The molecule has 1 saturated heterocycles. The number of aryl methyl sites for hydroxylation is 1. The Morgan fingerprint density at radius 2 is 2.40 bits per heavy atom. The summed E-state index contributed by atoms with van der Waals surface area (Å²) < 4.78 is 5.52. The van der Waals surface area contributed by atoms with E-state index in [1.165, 1.54) is 25.0 Å². The molecule has 1 aromatic rings. The number of thioether (sulfide) groups is 1. The summed E-state index contributed by atoms with van der Waals surface area (Å²) in [6.07, 6.45) is 4.34. The predicted molar refractivity (Wildman–Crippen MR) is 61.1 cm³/mol. The second-order valence-corrected chi connectivity index (χ2v) is 5.19. The lowest BCUT2D eigenvalue weighted by molar-refractivity contribution is 0.284. The zero-order valence-electron chi connectivity index (χ0n) is 9.03. The number of aromatic nitrogens is 1. The molecule has 1 fully saturated rings. The molecule has 1 aliphatic rings. The lowest BCUT2D eigenvalue weighted by Crippen LogP contribution is -2.04. The van der Waals surface area contributed by atoms with Gasteiger partial charge in [0.15, 0.2) is 5.89 Å². The van der Waals surface area contributed by atoms with Gasteiger partial charge in [0.1, 0.15) is 5.76 Å². The summed E-state index contributed by atoms with van der Waals surface area (Å²) in [6, 6.07) is 0. The molecule has 1 unspecified atom stereocenters. The van der Waals surface area contributed by atoms with E-state index in [1.54, 1.807) is 0 Å². The van der Waals surface area contributed by atoms with E-state index >= 15 is 0 Å². The normalized spacial score (nSPS) is 21.9. The fourth-order valence-corrected chi connectivity index (χ4v) is 3.29. The van der Waals surface area contributed by atoms with Gasteiger partial charge in [-0.1, -0.05) is 6.42 Å². The Morgan fingerprint density at radius 1 is 1.53 bits per heavy atom. The minimum atomic E-state index is 0.108. The number of hydrogen-bond donors (Lipinski definition) is 1. The standard InChI is InChI=1S/C11H17NO2S/c1-8-11(9-4-2-3-7-15-9)12-10(14-8)5-6-13/h9,13H,2-7H2,1H3. The zero-order chi connectivity index (χ0) is 10.7. The molecule has 1 aromatic heterocycles. The number of oxazole rings is 1. The molecule has 0 spiro atoms. The smallest absolute Gasteiger partial charge is 0.196 e. The van der Waals surface area contributed by atoms with Gasteiger partial charge in [-0.2, -0.15) is 11.8 Å². The first kappa shape index (κ1) is 11.0. The van der Waals surface area contributed by atoms with E-state index in [2.05, 4.69) is 4.98 Å². The molecule has 0 amide bonds. The molecule has 15 heavy (non-hydrogen) atoms. The van der Waals surface area contributed by atoms with E-state index in [0.717, 1.165) is 11.5 Å². The summed E-state index contributed by atoms with van der Waals surface area (Å²) in [4.78, 5) is 4.48. The topological polar surface area (TPSA) is 46.3 Å². The van der Waals surface area contributed by atoms with Gasteiger partial charge < -0.3 is 9.52 Å². The third-order valence-corrected chi connectivity index (χ3v) is 4.07. The fraction of sp³-hybridized carbons (Fsp3) is 0.727. The Hall–Kier alpha value is -0.480. The van der Waals surface area contributed by atoms with Crippen LogP contribution in [0.4, 0.5) is 0 Å². The number of hydrogen-bond acceptors (Lipinski definition) is 4. The van der Waals surface area contributed by atoms with Gasteiger partial charge in [0.25, 0.3) is 0 Å². The Labute approximate surface area is 94.3 Å². The first-order valence-corrected chi connectivity index (χ1v) is 6.55. The predicted octanol–water partition coefficient (Wildman–Crippen LogP) is 2.48. The minimum absolute atomic E-state index is 0.108. The molecule has 0 saturated carbocycles. The van der Waals surface area contributed by atoms with Crippen LogP contribution in [0, 0.1) is 6.92 Å². The van der Waals surface area contributed by atoms with Crippen LogP contribution in [0.5, 0.6) is 0 Å². The highest BCUT2D eigenvalue weighted by Crippen LogP contribution is 2.39. The maximum atomic E-state index is 8.82. The van der Waals surface area contributed by atoms with Crippen LogP contribution < -0.4 is 0 Å². The fourth-order valence-electron chi connectivity index (χ4n) is 1.92. The van der Waals surface area contributed by atoms with Crippen molar-refractivity contribution in [2.75, 3.05) is 12.4 Å². The van der Waals surface area contributed by atoms with Crippen molar-refractivity contribution in [3.8, 4) is 0 Å². The zero-order valence-corrected chi connectivity index (χ0v) is 9.85. The first-order valence-electron chi connectivity index (χ1n) is 5.50.